The van der Waals surface area contributed by atoms with Crippen molar-refractivity contribution in [1.82, 2.24) is 5.32 Å². The van der Waals surface area contributed by atoms with Crippen molar-refractivity contribution < 1.29 is 22.7 Å². The summed E-state index contributed by atoms with van der Waals surface area (Å²) in [6, 6.07) is 20.5. The molecule has 0 saturated heterocycles. The number of ether oxygens (including phenoxy) is 2. The highest BCUT2D eigenvalue weighted by Crippen LogP contribution is 2.27. The van der Waals surface area contributed by atoms with Crippen LogP contribution in [0.25, 0.3) is 0 Å². The standard InChI is InChI=1S/C25H28N2O5S/c1-4-32-24-11-6-5-8-20(24)17-26-25(28)18-27(21-9-7-10-22(16-21)31-3)33(29,30)23-14-12-19(2)13-15-23/h5-16H,4,17-18H2,1-3H3,(H,26,28). The van der Waals surface area contributed by atoms with Crippen LogP contribution in [0.5, 0.6) is 11.5 Å². The SMILES string of the molecule is CCOc1ccccc1CNC(=O)CN(c1cccc(OC)c1)S(=O)(=O)c1ccc(C)cc1. The molecule has 3 aromatic carbocycles. The Morgan fingerprint density at radius 3 is 2.42 bits per heavy atom. The van der Waals surface area contributed by atoms with E-state index in [2.05, 4.69) is 5.32 Å². The molecule has 0 unspecified atom stereocenters. The van der Waals surface area contributed by atoms with Gasteiger partial charge in [0.1, 0.15) is 18.0 Å². The molecule has 0 bridgehead atoms. The molecule has 0 aromatic heterocycles. The monoisotopic (exact) mass is 468 g/mol. The van der Waals surface area contributed by atoms with Crippen LogP contribution in [0, 0.1) is 6.92 Å². The molecule has 0 heterocycles. The summed E-state index contributed by atoms with van der Waals surface area (Å²) in [7, 11) is -2.50. The summed E-state index contributed by atoms with van der Waals surface area (Å²) in [5.41, 5.74) is 2.08. The van der Waals surface area contributed by atoms with Gasteiger partial charge in [-0.2, -0.15) is 0 Å². The highest BCUT2D eigenvalue weighted by Gasteiger charge is 2.27. The Bertz CT molecular complexity index is 1190. The van der Waals surface area contributed by atoms with Gasteiger partial charge < -0.3 is 14.8 Å². The Hall–Kier alpha value is -3.52. The Morgan fingerprint density at radius 1 is 1.00 bits per heavy atom. The summed E-state index contributed by atoms with van der Waals surface area (Å²) in [6.45, 7) is 4.09. The van der Waals surface area contributed by atoms with Crippen LogP contribution in [-0.2, 0) is 21.4 Å². The van der Waals surface area contributed by atoms with Gasteiger partial charge >= 0.3 is 0 Å². The number of nitrogens with one attached hydrogen (secondary N) is 1. The molecule has 0 aliphatic carbocycles. The number of sulfonamides is 1. The number of carbonyl (C=O) groups is 1. The molecule has 0 saturated carbocycles. The van der Waals surface area contributed by atoms with Crippen LogP contribution in [-0.4, -0.2) is 34.6 Å². The van der Waals surface area contributed by atoms with Crippen LogP contribution >= 0.6 is 0 Å². The number of nitrogens with zero attached hydrogens (tertiary/aromatic N) is 1. The first-order valence-electron chi connectivity index (χ1n) is 10.6. The minimum absolute atomic E-state index is 0.102. The Balaban J connectivity index is 1.87. The average molecular weight is 469 g/mol. The highest BCUT2D eigenvalue weighted by molar-refractivity contribution is 7.92. The maximum absolute atomic E-state index is 13.5. The van der Waals surface area contributed by atoms with Crippen molar-refractivity contribution in [2.45, 2.75) is 25.3 Å². The van der Waals surface area contributed by atoms with Crippen LogP contribution in [0.15, 0.2) is 77.7 Å². The van der Waals surface area contributed by atoms with Crippen molar-refractivity contribution in [3.8, 4) is 11.5 Å². The fraction of sp³-hybridized carbons (Fsp3) is 0.240. The van der Waals surface area contributed by atoms with E-state index in [-0.39, 0.29) is 18.0 Å². The molecule has 0 aliphatic heterocycles. The van der Waals surface area contributed by atoms with Gasteiger partial charge in [-0.3, -0.25) is 9.10 Å². The summed E-state index contributed by atoms with van der Waals surface area (Å²) in [5.74, 6) is 0.722. The topological polar surface area (TPSA) is 84.9 Å². The van der Waals surface area contributed by atoms with Crippen LogP contribution < -0.4 is 19.1 Å². The molecule has 0 spiro atoms. The molecule has 0 radical (unpaired) electrons. The van der Waals surface area contributed by atoms with E-state index in [1.807, 2.05) is 38.1 Å². The predicted molar refractivity (Wildman–Crippen MR) is 128 cm³/mol. The lowest BCUT2D eigenvalue weighted by atomic mass is 10.2. The second-order valence-electron chi connectivity index (χ2n) is 7.34. The van der Waals surface area contributed by atoms with Crippen molar-refractivity contribution in [2.24, 2.45) is 0 Å². The van der Waals surface area contributed by atoms with Crippen molar-refractivity contribution in [3.63, 3.8) is 0 Å². The quantitative estimate of drug-likeness (QED) is 0.488. The molecular formula is C25H28N2O5S. The first kappa shape index (κ1) is 24.1. The van der Waals surface area contributed by atoms with Gasteiger partial charge in [0.15, 0.2) is 0 Å². The number of methoxy groups -OCH3 is 1. The first-order valence-corrected chi connectivity index (χ1v) is 12.0. The molecule has 1 amide bonds. The molecule has 33 heavy (non-hydrogen) atoms. The predicted octanol–water partition coefficient (Wildman–Crippen LogP) is 3.91. The minimum atomic E-state index is -4.00. The van der Waals surface area contributed by atoms with E-state index in [1.165, 1.54) is 19.2 Å². The molecule has 0 atom stereocenters. The zero-order chi connectivity index (χ0) is 23.8. The van der Waals surface area contributed by atoms with E-state index >= 15 is 0 Å². The van der Waals surface area contributed by atoms with Gasteiger partial charge in [0, 0.05) is 18.2 Å². The Kier molecular flexibility index (Phi) is 7.95. The van der Waals surface area contributed by atoms with Gasteiger partial charge in [-0.1, -0.05) is 42.0 Å². The Labute approximate surface area is 195 Å². The van der Waals surface area contributed by atoms with E-state index < -0.39 is 15.9 Å². The Morgan fingerprint density at radius 2 is 1.73 bits per heavy atom. The summed E-state index contributed by atoms with van der Waals surface area (Å²) in [5, 5.41) is 2.80. The number of rotatable bonds is 10. The fourth-order valence-corrected chi connectivity index (χ4v) is 4.66. The van der Waals surface area contributed by atoms with E-state index in [0.29, 0.717) is 23.8 Å². The molecule has 7 nitrogen and oxygen atoms in total. The summed E-state index contributed by atoms with van der Waals surface area (Å²) in [6.07, 6.45) is 0. The van der Waals surface area contributed by atoms with Crippen molar-refractivity contribution >= 4 is 21.6 Å². The molecule has 0 fully saturated rings. The molecule has 174 valence electrons. The van der Waals surface area contributed by atoms with Crippen LogP contribution in [0.4, 0.5) is 5.69 Å². The average Bonchev–Trinajstić information content (AvgIpc) is 2.82. The lowest BCUT2D eigenvalue weighted by Gasteiger charge is -2.24. The summed E-state index contributed by atoms with van der Waals surface area (Å²) in [4.78, 5) is 13.0. The number of hydrogen-bond donors (Lipinski definition) is 1. The van der Waals surface area contributed by atoms with Crippen LogP contribution in [0.1, 0.15) is 18.1 Å². The van der Waals surface area contributed by atoms with Gasteiger partial charge in [-0.15, -0.1) is 0 Å². The molecular weight excluding hydrogens is 440 g/mol. The van der Waals surface area contributed by atoms with Crippen LogP contribution in [0.2, 0.25) is 0 Å². The molecule has 3 rings (SSSR count). The molecule has 0 aliphatic rings. The lowest BCUT2D eigenvalue weighted by molar-refractivity contribution is -0.119. The second kappa shape index (κ2) is 10.9. The van der Waals surface area contributed by atoms with Crippen molar-refractivity contribution in [2.75, 3.05) is 24.6 Å². The number of anilines is 1. The van der Waals surface area contributed by atoms with Crippen LogP contribution in [0.3, 0.4) is 0 Å². The fourth-order valence-electron chi connectivity index (χ4n) is 3.24. The maximum Gasteiger partial charge on any atom is 0.264 e. The second-order valence-corrected chi connectivity index (χ2v) is 9.21. The van der Waals surface area contributed by atoms with E-state index in [9.17, 15) is 13.2 Å². The van der Waals surface area contributed by atoms with Gasteiger partial charge in [0.25, 0.3) is 10.0 Å². The number of carbonyl (C=O) groups excluding carboxylic acids is 1. The zero-order valence-electron chi connectivity index (χ0n) is 18.9. The van der Waals surface area contributed by atoms with Gasteiger partial charge in [0.2, 0.25) is 5.91 Å². The largest absolute Gasteiger partial charge is 0.497 e. The lowest BCUT2D eigenvalue weighted by Crippen LogP contribution is -2.40. The third-order valence-corrected chi connectivity index (χ3v) is 6.77. The number of para-hydroxylation sites is 1. The molecule has 3 aromatic rings. The number of aryl methyl sites for hydroxylation is 1. The molecule has 1 N–H and O–H groups in total. The van der Waals surface area contributed by atoms with E-state index in [4.69, 9.17) is 9.47 Å². The smallest absolute Gasteiger partial charge is 0.264 e. The highest BCUT2D eigenvalue weighted by atomic mass is 32.2. The number of hydrogen-bond acceptors (Lipinski definition) is 5. The zero-order valence-corrected chi connectivity index (χ0v) is 19.8. The van der Waals surface area contributed by atoms with Crippen molar-refractivity contribution in [3.05, 3.63) is 83.9 Å². The number of amides is 1. The third-order valence-electron chi connectivity index (χ3n) is 4.99. The van der Waals surface area contributed by atoms with E-state index in [1.54, 1.807) is 36.4 Å². The molecule has 8 heteroatoms. The van der Waals surface area contributed by atoms with Gasteiger partial charge in [0.05, 0.1) is 24.3 Å². The number of benzene rings is 3. The van der Waals surface area contributed by atoms with Gasteiger partial charge in [-0.25, -0.2) is 8.42 Å². The third kappa shape index (κ3) is 6.04. The van der Waals surface area contributed by atoms with E-state index in [0.717, 1.165) is 15.4 Å². The van der Waals surface area contributed by atoms with Crippen molar-refractivity contribution in [1.29, 1.82) is 0 Å². The van der Waals surface area contributed by atoms with Gasteiger partial charge in [-0.05, 0) is 44.2 Å². The minimum Gasteiger partial charge on any atom is -0.497 e. The summed E-state index contributed by atoms with van der Waals surface area (Å²) >= 11 is 0. The first-order chi connectivity index (χ1) is 15.8. The maximum atomic E-state index is 13.5. The summed E-state index contributed by atoms with van der Waals surface area (Å²) < 4.78 is 38.9. The normalized spacial score (nSPS) is 11.0.